The normalized spacial score (nSPS) is 22.1. The van der Waals surface area contributed by atoms with Gasteiger partial charge in [-0.05, 0) is 76.1 Å². The molecule has 9 aromatic rings. The number of oxime groups is 1. The number of ether oxygens (including phenoxy) is 3. The Kier molecular flexibility index (Phi) is 10.6. The van der Waals surface area contributed by atoms with Crippen molar-refractivity contribution in [2.45, 2.75) is 102 Å². The van der Waals surface area contributed by atoms with Crippen molar-refractivity contribution in [2.75, 3.05) is 14.2 Å². The maximum atomic E-state index is 13.9. The number of nitrogens with zero attached hydrogens (tertiary/aromatic N) is 6. The summed E-state index contributed by atoms with van der Waals surface area (Å²) in [5.41, 5.74) is 7.05. The molecule has 9 heterocycles. The number of para-hydroxylation sites is 3. The highest BCUT2D eigenvalue weighted by molar-refractivity contribution is 6.31. The van der Waals surface area contributed by atoms with Crippen LogP contribution < -0.4 is 10.9 Å². The van der Waals surface area contributed by atoms with E-state index in [2.05, 4.69) is 50.8 Å². The van der Waals surface area contributed by atoms with E-state index in [-0.39, 0.29) is 36.4 Å². The van der Waals surface area contributed by atoms with Gasteiger partial charge in [0.05, 0.1) is 68.9 Å². The van der Waals surface area contributed by atoms with E-state index in [0.29, 0.717) is 47.6 Å². The third-order valence-corrected chi connectivity index (χ3v) is 16.2. The number of aliphatic hydroxyl groups is 1. The first-order chi connectivity index (χ1) is 36.6. The van der Waals surface area contributed by atoms with Gasteiger partial charge in [-0.2, -0.15) is 0 Å². The second kappa shape index (κ2) is 16.9. The Bertz CT molecular complexity index is 4090. The molecule has 0 saturated carbocycles. The van der Waals surface area contributed by atoms with E-state index < -0.39 is 35.2 Å². The first-order valence-corrected chi connectivity index (χ1v) is 25.7. The number of esters is 1. The predicted octanol–water partition coefficient (Wildman–Crippen LogP) is 9.14. The van der Waals surface area contributed by atoms with Crippen LogP contribution in [0.25, 0.3) is 65.9 Å². The molecule has 5 aliphatic heterocycles. The van der Waals surface area contributed by atoms with Crippen LogP contribution in [0.4, 0.5) is 0 Å². The summed E-state index contributed by atoms with van der Waals surface area (Å²) in [5, 5.41) is 23.4. The molecule has 2 N–H and O–H groups in total. The summed E-state index contributed by atoms with van der Waals surface area (Å²) in [7, 11) is 3.57. The van der Waals surface area contributed by atoms with Gasteiger partial charge in [-0.25, -0.2) is 9.78 Å². The summed E-state index contributed by atoms with van der Waals surface area (Å²) in [4.78, 5) is 65.4. The van der Waals surface area contributed by atoms with Crippen LogP contribution in [0, 0.1) is 0 Å². The molecule has 0 radical (unpaired) electrons. The number of fused-ring (bicyclic) bond motifs is 18. The number of methoxy groups -OCH3 is 1. The summed E-state index contributed by atoms with van der Waals surface area (Å²) in [6, 6.07) is 35.1. The van der Waals surface area contributed by atoms with Crippen LogP contribution in [0.2, 0.25) is 0 Å². The smallest absolute Gasteiger partial charge is 0.343 e. The first kappa shape index (κ1) is 47.5. The number of hydrogen-bond acceptors (Lipinski definition) is 11. The zero-order valence-corrected chi connectivity index (χ0v) is 43.1. The van der Waals surface area contributed by atoms with E-state index in [0.717, 1.165) is 76.8 Å². The number of carbonyl (C=O) groups excluding carboxylic acids is 3. The topological polar surface area (TPSA) is 181 Å². The van der Waals surface area contributed by atoms with E-state index in [1.807, 2.05) is 112 Å². The van der Waals surface area contributed by atoms with Gasteiger partial charge >= 0.3 is 5.97 Å². The van der Waals surface area contributed by atoms with Crippen molar-refractivity contribution in [2.24, 2.45) is 5.16 Å². The fourth-order valence-corrected chi connectivity index (χ4v) is 12.8. The summed E-state index contributed by atoms with van der Waals surface area (Å²) in [6.07, 6.45) is 1.38. The molecule has 0 unspecified atom stereocenters. The molecule has 16 nitrogen and oxygen atoms in total. The van der Waals surface area contributed by atoms with Gasteiger partial charge in [-0.3, -0.25) is 14.4 Å². The average molecular weight is 1020 g/mol. The SMILES string of the molecule is CC[C@@]1(O)C(=O)OCc2c1cc1n(c2=O)Cc2c-1nc1ccccc1c2/C=N/OC(C)(C)C.CO[C@@H]1[C@H](N(C)C(=O)c2ccccc2)C[C@H]2O[C@]1(C)n1c3ccccc3c3c4c(c5c6ccccc6n2c5c31)C(=O)NC4. The standard InChI is InChI=1S/C35H30N4O4.C25H25N3O5/c1-35-32(42-3)25(37(2)34(41)19-11-5-4-6-12-19)17-26(43-35)38-23-15-9-7-13-20(23)28-29-22(18-36-33(29)40)27-21-14-8-10-16-24(21)39(35)31(27)30(28)38;1-5-25(31)18-10-20-21-16(12-28(20)22(29)17(18)13-32-23(25)30)15(11-26-33-24(2,3)4)14-8-6-7-9-19(14)27-21/h4-16,25-26,32H,17-18H2,1-3H3,(H,36,40);6-11,31H,5,12-13H2,1-4H3/b;26-11+/t25-,26-,32-,35+;25-/m10/s1. The molecule has 384 valence electrons. The van der Waals surface area contributed by atoms with E-state index >= 15 is 0 Å². The van der Waals surface area contributed by atoms with E-state index in [1.165, 1.54) is 0 Å². The van der Waals surface area contributed by atoms with Crippen molar-refractivity contribution in [3.8, 4) is 11.4 Å². The molecule has 5 aromatic carbocycles. The number of hydrogen-bond donors (Lipinski definition) is 2. The lowest BCUT2D eigenvalue weighted by Crippen LogP contribution is -2.61. The number of likely N-dealkylation sites (N-methyl/N-ethyl adjacent to an activating group) is 1. The lowest BCUT2D eigenvalue weighted by molar-refractivity contribution is -0.264. The van der Waals surface area contributed by atoms with E-state index in [9.17, 15) is 24.3 Å². The second-order valence-corrected chi connectivity index (χ2v) is 21.5. The Morgan fingerprint density at radius 1 is 0.908 bits per heavy atom. The summed E-state index contributed by atoms with van der Waals surface area (Å²) in [6.45, 7) is 10.1. The zero-order valence-electron chi connectivity index (χ0n) is 43.1. The number of aromatic nitrogens is 4. The van der Waals surface area contributed by atoms with Crippen LogP contribution in [-0.4, -0.2) is 84.6 Å². The van der Waals surface area contributed by atoms with Crippen molar-refractivity contribution in [1.29, 1.82) is 0 Å². The van der Waals surface area contributed by atoms with Crippen LogP contribution in [0.3, 0.4) is 0 Å². The Balaban J connectivity index is 0.000000151. The summed E-state index contributed by atoms with van der Waals surface area (Å²) >= 11 is 0. The third-order valence-electron chi connectivity index (χ3n) is 16.2. The number of amides is 2. The highest BCUT2D eigenvalue weighted by atomic mass is 16.6. The quantitative estimate of drug-likeness (QED) is 0.0927. The van der Waals surface area contributed by atoms with Crippen molar-refractivity contribution in [3.63, 3.8) is 0 Å². The minimum atomic E-state index is -1.85. The largest absolute Gasteiger partial charge is 0.458 e. The fraction of sp³-hybridized carbons (Fsp3) is 0.300. The lowest BCUT2D eigenvalue weighted by Gasteiger charge is -2.50. The molecule has 0 aliphatic carbocycles. The van der Waals surface area contributed by atoms with Gasteiger partial charge < -0.3 is 48.1 Å². The van der Waals surface area contributed by atoms with Crippen LogP contribution in [0.15, 0.2) is 119 Å². The molecular formula is C60H55N7O9. The van der Waals surface area contributed by atoms with Crippen LogP contribution in [-0.2, 0) is 54.9 Å². The van der Waals surface area contributed by atoms with Crippen LogP contribution in [0.1, 0.15) is 102 Å². The number of cyclic esters (lactones) is 1. The minimum Gasteiger partial charge on any atom is -0.458 e. The number of rotatable bonds is 6. The van der Waals surface area contributed by atoms with Gasteiger partial charge in [0.1, 0.15) is 24.5 Å². The van der Waals surface area contributed by atoms with Crippen molar-refractivity contribution in [1.82, 2.24) is 28.9 Å². The Morgan fingerprint density at radius 3 is 2.32 bits per heavy atom. The van der Waals surface area contributed by atoms with Gasteiger partial charge in [0, 0.05) is 76.3 Å². The lowest BCUT2D eigenvalue weighted by atomic mass is 9.86. The van der Waals surface area contributed by atoms with Crippen LogP contribution >= 0.6 is 0 Å². The average Bonchev–Trinajstić information content (AvgIpc) is 4.00. The molecule has 14 rings (SSSR count). The molecule has 1 fully saturated rings. The monoisotopic (exact) mass is 1020 g/mol. The number of pyridine rings is 2. The maximum absolute atomic E-state index is 13.9. The molecular weight excluding hydrogens is 963 g/mol. The van der Waals surface area contributed by atoms with Gasteiger partial charge in [0.15, 0.2) is 11.3 Å². The van der Waals surface area contributed by atoms with E-state index in [1.54, 1.807) is 30.9 Å². The second-order valence-electron chi connectivity index (χ2n) is 21.5. The van der Waals surface area contributed by atoms with Gasteiger partial charge in [-0.1, -0.05) is 84.9 Å². The van der Waals surface area contributed by atoms with Gasteiger partial charge in [-0.15, -0.1) is 0 Å². The minimum absolute atomic E-state index is 0.0446. The molecule has 16 heteroatoms. The van der Waals surface area contributed by atoms with Gasteiger partial charge in [0.25, 0.3) is 17.4 Å². The Labute approximate surface area is 436 Å². The fourth-order valence-electron chi connectivity index (χ4n) is 12.8. The third kappa shape index (κ3) is 6.66. The molecule has 4 aromatic heterocycles. The molecule has 2 amide bonds. The number of nitrogens with one attached hydrogen (secondary N) is 1. The number of benzene rings is 5. The molecule has 1 saturated heterocycles. The van der Waals surface area contributed by atoms with Gasteiger partial charge in [0.2, 0.25) is 0 Å². The molecule has 5 atom stereocenters. The van der Waals surface area contributed by atoms with E-state index in [4.69, 9.17) is 24.0 Å². The Hall–Kier alpha value is -8.18. The van der Waals surface area contributed by atoms with Crippen molar-refractivity contribution >= 4 is 78.5 Å². The highest BCUT2D eigenvalue weighted by Crippen LogP contribution is 2.54. The molecule has 5 aliphatic rings. The molecule has 0 spiro atoms. The maximum Gasteiger partial charge on any atom is 0.343 e. The first-order valence-electron chi connectivity index (χ1n) is 25.7. The molecule has 2 bridgehead atoms. The molecule has 76 heavy (non-hydrogen) atoms. The predicted molar refractivity (Wildman–Crippen MR) is 288 cm³/mol. The van der Waals surface area contributed by atoms with Crippen LogP contribution in [0.5, 0.6) is 0 Å². The summed E-state index contributed by atoms with van der Waals surface area (Å²) < 4.78 is 24.9. The zero-order chi connectivity index (χ0) is 52.7. The number of carbonyl (C=O) groups is 3. The van der Waals surface area contributed by atoms with Crippen molar-refractivity contribution < 1.29 is 38.5 Å². The van der Waals surface area contributed by atoms with Crippen molar-refractivity contribution in [3.05, 3.63) is 158 Å². The summed E-state index contributed by atoms with van der Waals surface area (Å²) in [5.74, 6) is -0.844. The Morgan fingerprint density at radius 2 is 1.59 bits per heavy atom. The highest BCUT2D eigenvalue weighted by Gasteiger charge is 2.55.